The molecule has 0 aromatic carbocycles. The van der Waals surface area contributed by atoms with Crippen molar-refractivity contribution in [1.29, 1.82) is 0 Å². The molecule has 1 aliphatic heterocycles. The van der Waals surface area contributed by atoms with Crippen LogP contribution in [0, 0.1) is 0 Å². The summed E-state index contributed by atoms with van der Waals surface area (Å²) in [6.45, 7) is 1.11. The third kappa shape index (κ3) is 1.91. The van der Waals surface area contributed by atoms with Gasteiger partial charge >= 0.3 is 0 Å². The number of aliphatic hydroxyl groups is 1. The van der Waals surface area contributed by atoms with E-state index in [2.05, 4.69) is 16.8 Å². The van der Waals surface area contributed by atoms with Crippen molar-refractivity contribution in [3.05, 3.63) is 21.9 Å². The summed E-state index contributed by atoms with van der Waals surface area (Å²) in [4.78, 5) is 1.51. The van der Waals surface area contributed by atoms with Crippen molar-refractivity contribution in [3.63, 3.8) is 0 Å². The summed E-state index contributed by atoms with van der Waals surface area (Å²) in [5.74, 6) is 0. The first-order chi connectivity index (χ1) is 7.84. The fourth-order valence-electron chi connectivity index (χ4n) is 2.62. The van der Waals surface area contributed by atoms with Gasteiger partial charge in [-0.25, -0.2) is 0 Å². The van der Waals surface area contributed by atoms with Crippen LogP contribution in [-0.4, -0.2) is 30.5 Å². The molecule has 0 saturated carbocycles. The van der Waals surface area contributed by atoms with Crippen LogP contribution in [0.1, 0.15) is 29.3 Å². The molecule has 3 atom stereocenters. The molecule has 2 aliphatic rings. The molecule has 4 heteroatoms. The summed E-state index contributed by atoms with van der Waals surface area (Å²) in [5, 5.41) is 15.4. The van der Waals surface area contributed by atoms with Gasteiger partial charge in [-0.2, -0.15) is 0 Å². The normalized spacial score (nSPS) is 33.9. The number of hydrogen-bond acceptors (Lipinski definition) is 4. The Morgan fingerprint density at radius 2 is 2.38 bits per heavy atom. The van der Waals surface area contributed by atoms with Crippen molar-refractivity contribution >= 4 is 11.3 Å². The van der Waals surface area contributed by atoms with Crippen LogP contribution >= 0.6 is 11.3 Å². The SMILES string of the molecule is OC1COCC1NC1CCCc2sccc21. The van der Waals surface area contributed by atoms with Gasteiger partial charge < -0.3 is 15.2 Å². The summed E-state index contributed by atoms with van der Waals surface area (Å²) in [6.07, 6.45) is 3.29. The van der Waals surface area contributed by atoms with Gasteiger partial charge in [0.2, 0.25) is 0 Å². The third-order valence-electron chi connectivity index (χ3n) is 3.52. The quantitative estimate of drug-likeness (QED) is 0.821. The lowest BCUT2D eigenvalue weighted by Crippen LogP contribution is -2.41. The molecule has 88 valence electrons. The molecule has 3 rings (SSSR count). The lowest BCUT2D eigenvalue weighted by molar-refractivity contribution is 0.121. The molecule has 3 nitrogen and oxygen atoms in total. The molecule has 1 aromatic heterocycles. The van der Waals surface area contributed by atoms with Crippen LogP contribution in [0.4, 0.5) is 0 Å². The van der Waals surface area contributed by atoms with Crippen LogP contribution in [0.25, 0.3) is 0 Å². The van der Waals surface area contributed by atoms with Crippen LogP contribution in [0.3, 0.4) is 0 Å². The molecule has 16 heavy (non-hydrogen) atoms. The number of fused-ring (bicyclic) bond motifs is 1. The van der Waals surface area contributed by atoms with Crippen LogP contribution in [0.5, 0.6) is 0 Å². The average molecular weight is 239 g/mol. The highest BCUT2D eigenvalue weighted by atomic mass is 32.1. The minimum absolute atomic E-state index is 0.107. The zero-order valence-corrected chi connectivity index (χ0v) is 10.0. The minimum atomic E-state index is -0.344. The Morgan fingerprint density at radius 1 is 1.44 bits per heavy atom. The fourth-order valence-corrected chi connectivity index (χ4v) is 3.61. The van der Waals surface area contributed by atoms with E-state index in [1.165, 1.54) is 29.7 Å². The Kier molecular flexibility index (Phi) is 2.98. The fraction of sp³-hybridized carbons (Fsp3) is 0.667. The second-order valence-corrected chi connectivity index (χ2v) is 5.62. The van der Waals surface area contributed by atoms with Crippen molar-refractivity contribution in [2.24, 2.45) is 0 Å². The monoisotopic (exact) mass is 239 g/mol. The highest BCUT2D eigenvalue weighted by Gasteiger charge is 2.30. The molecule has 3 unspecified atom stereocenters. The number of thiophene rings is 1. The van der Waals surface area contributed by atoms with Crippen molar-refractivity contribution in [2.45, 2.75) is 37.5 Å². The van der Waals surface area contributed by atoms with Gasteiger partial charge in [-0.3, -0.25) is 0 Å². The first kappa shape index (κ1) is 10.7. The van der Waals surface area contributed by atoms with E-state index in [0.717, 1.165) is 0 Å². The number of aryl methyl sites for hydroxylation is 1. The zero-order chi connectivity index (χ0) is 11.0. The van der Waals surface area contributed by atoms with Gasteiger partial charge in [-0.1, -0.05) is 0 Å². The van der Waals surface area contributed by atoms with Gasteiger partial charge in [0.15, 0.2) is 0 Å². The van der Waals surface area contributed by atoms with E-state index in [0.29, 0.717) is 19.3 Å². The Hall–Kier alpha value is -0.420. The Morgan fingerprint density at radius 3 is 3.19 bits per heavy atom. The largest absolute Gasteiger partial charge is 0.389 e. The maximum Gasteiger partial charge on any atom is 0.0948 e. The maximum atomic E-state index is 9.73. The molecular formula is C12H17NO2S. The third-order valence-corrected chi connectivity index (χ3v) is 4.51. The van der Waals surface area contributed by atoms with Gasteiger partial charge in [0, 0.05) is 10.9 Å². The van der Waals surface area contributed by atoms with Gasteiger partial charge in [0.1, 0.15) is 0 Å². The maximum absolute atomic E-state index is 9.73. The second-order valence-electron chi connectivity index (χ2n) is 4.62. The molecule has 0 spiro atoms. The predicted molar refractivity (Wildman–Crippen MR) is 63.7 cm³/mol. The lowest BCUT2D eigenvalue weighted by Gasteiger charge is -2.27. The van der Waals surface area contributed by atoms with E-state index in [-0.39, 0.29) is 12.1 Å². The van der Waals surface area contributed by atoms with Gasteiger partial charge in [0.05, 0.1) is 25.4 Å². The molecule has 1 saturated heterocycles. The predicted octanol–water partition coefficient (Wildman–Crippen LogP) is 1.47. The second kappa shape index (κ2) is 4.45. The number of hydrogen-bond donors (Lipinski definition) is 2. The molecule has 1 fully saturated rings. The van der Waals surface area contributed by atoms with Crippen LogP contribution in [0.15, 0.2) is 11.4 Å². The topological polar surface area (TPSA) is 41.5 Å². The summed E-state index contributed by atoms with van der Waals surface area (Å²) < 4.78 is 5.27. The lowest BCUT2D eigenvalue weighted by atomic mass is 9.93. The van der Waals surface area contributed by atoms with E-state index in [9.17, 15) is 5.11 Å². The van der Waals surface area contributed by atoms with Crippen molar-refractivity contribution in [2.75, 3.05) is 13.2 Å². The standard InChI is InChI=1S/C12H17NO2S/c14-11-7-15-6-10(11)13-9-2-1-3-12-8(9)4-5-16-12/h4-5,9-11,13-14H,1-3,6-7H2. The van der Waals surface area contributed by atoms with Gasteiger partial charge in [0.25, 0.3) is 0 Å². The Bertz CT molecular complexity index is 366. The number of ether oxygens (including phenoxy) is 1. The first-order valence-electron chi connectivity index (χ1n) is 5.93. The number of rotatable bonds is 2. The summed E-state index contributed by atoms with van der Waals surface area (Å²) in [5.41, 5.74) is 1.44. The molecule has 2 N–H and O–H groups in total. The highest BCUT2D eigenvalue weighted by Crippen LogP contribution is 2.33. The summed E-state index contributed by atoms with van der Waals surface area (Å²) >= 11 is 1.85. The minimum Gasteiger partial charge on any atom is -0.389 e. The molecule has 2 heterocycles. The average Bonchev–Trinajstić information content (AvgIpc) is 2.89. The molecule has 0 amide bonds. The van der Waals surface area contributed by atoms with Crippen molar-refractivity contribution in [3.8, 4) is 0 Å². The van der Waals surface area contributed by atoms with E-state index < -0.39 is 0 Å². The molecule has 0 radical (unpaired) electrons. The first-order valence-corrected chi connectivity index (χ1v) is 6.80. The summed E-state index contributed by atoms with van der Waals surface area (Å²) in [7, 11) is 0. The van der Waals surface area contributed by atoms with E-state index in [1.807, 2.05) is 11.3 Å². The smallest absolute Gasteiger partial charge is 0.0948 e. The van der Waals surface area contributed by atoms with E-state index in [1.54, 1.807) is 0 Å². The van der Waals surface area contributed by atoms with E-state index >= 15 is 0 Å². The zero-order valence-electron chi connectivity index (χ0n) is 9.19. The molecule has 0 bridgehead atoms. The van der Waals surface area contributed by atoms with Crippen LogP contribution in [-0.2, 0) is 11.2 Å². The van der Waals surface area contributed by atoms with Gasteiger partial charge in [-0.05, 0) is 36.3 Å². The molecule has 1 aromatic rings. The highest BCUT2D eigenvalue weighted by molar-refractivity contribution is 7.10. The van der Waals surface area contributed by atoms with Crippen molar-refractivity contribution < 1.29 is 9.84 Å². The van der Waals surface area contributed by atoms with Crippen molar-refractivity contribution in [1.82, 2.24) is 5.32 Å². The van der Waals surface area contributed by atoms with Gasteiger partial charge in [-0.15, -0.1) is 11.3 Å². The number of aliphatic hydroxyl groups excluding tert-OH is 1. The van der Waals surface area contributed by atoms with E-state index in [4.69, 9.17) is 4.74 Å². The Labute approximate surface area is 99.4 Å². The summed E-state index contributed by atoms with van der Waals surface area (Å²) in [6, 6.07) is 2.74. The Balaban J connectivity index is 1.72. The molecular weight excluding hydrogens is 222 g/mol. The van der Waals surface area contributed by atoms with Crippen LogP contribution in [0.2, 0.25) is 0 Å². The van der Waals surface area contributed by atoms with Crippen LogP contribution < -0.4 is 5.32 Å². The number of nitrogens with one attached hydrogen (secondary N) is 1. The molecule has 1 aliphatic carbocycles.